The Morgan fingerprint density at radius 3 is 1.41 bits per heavy atom. The molecule has 0 aromatic heterocycles. The van der Waals surface area contributed by atoms with Gasteiger partial charge in [0.05, 0.1) is 11.4 Å². The average Bonchev–Trinajstić information content (AvgIpc) is 2.64. The Hall–Kier alpha value is -1.53. The lowest BCUT2D eigenvalue weighted by molar-refractivity contribution is 1.54. The van der Waals surface area contributed by atoms with E-state index in [0.717, 1.165) is 11.4 Å². The summed E-state index contributed by atoms with van der Waals surface area (Å²) in [6, 6.07) is 13.1. The molecule has 0 amide bonds. The molecule has 2 nitrogen and oxygen atoms in total. The van der Waals surface area contributed by atoms with Crippen LogP contribution in [0.4, 0.5) is 0 Å². The minimum Gasteiger partial charge on any atom is -0.319 e. The second-order valence-electron chi connectivity index (χ2n) is 7.97. The van der Waals surface area contributed by atoms with E-state index in [0.29, 0.717) is 0 Å². The van der Waals surface area contributed by atoms with Gasteiger partial charge in [-0.15, -0.1) is 0 Å². The van der Waals surface area contributed by atoms with Crippen LogP contribution in [0.3, 0.4) is 0 Å². The average molecular weight is 325 g/mol. The van der Waals surface area contributed by atoms with Gasteiger partial charge < -0.3 is 9.32 Å². The zero-order valence-electron chi connectivity index (χ0n) is 14.4. The Labute approximate surface area is 135 Å². The topological polar surface area (TPSA) is 24.7 Å². The number of benzene rings is 2. The Bertz CT molecular complexity index is 741. The summed E-state index contributed by atoms with van der Waals surface area (Å²) in [4.78, 5) is 0. The Morgan fingerprint density at radius 1 is 0.636 bits per heavy atom. The third kappa shape index (κ3) is 2.85. The highest BCUT2D eigenvalue weighted by Crippen LogP contribution is 2.33. The molecule has 2 aromatic carbocycles. The molecule has 0 spiro atoms. The number of hydrogen-bond donors (Lipinski definition) is 0. The van der Waals surface area contributed by atoms with E-state index in [4.69, 9.17) is 9.32 Å². The summed E-state index contributed by atoms with van der Waals surface area (Å²) in [6.07, 6.45) is 0. The van der Waals surface area contributed by atoms with E-state index in [1.54, 1.807) is 0 Å². The molecule has 1 aliphatic carbocycles. The Balaban J connectivity index is 2.37. The molecule has 0 N–H and O–H groups in total. The van der Waals surface area contributed by atoms with Crippen molar-refractivity contribution in [3.8, 4) is 0 Å². The van der Waals surface area contributed by atoms with Crippen LogP contribution >= 0.6 is 0 Å². The van der Waals surface area contributed by atoms with Gasteiger partial charge in [-0.25, -0.2) is 0 Å². The van der Waals surface area contributed by atoms with Crippen LogP contribution in [0.25, 0.3) is 10.8 Å². The molecule has 0 aliphatic heterocycles. The van der Waals surface area contributed by atoms with E-state index in [-0.39, 0.29) is 0 Å². The van der Waals surface area contributed by atoms with Crippen LogP contribution in [0.2, 0.25) is 39.3 Å². The van der Waals surface area contributed by atoms with Crippen LogP contribution in [0.5, 0.6) is 0 Å². The van der Waals surface area contributed by atoms with Crippen LogP contribution in [0.1, 0.15) is 11.1 Å². The second kappa shape index (κ2) is 5.00. The van der Waals surface area contributed by atoms with E-state index < -0.39 is 16.5 Å². The molecule has 0 saturated carbocycles. The monoisotopic (exact) mass is 324 g/mol. The van der Waals surface area contributed by atoms with Gasteiger partial charge in [0.15, 0.2) is 16.5 Å². The minimum absolute atomic E-state index is 1.13. The second-order valence-corrected chi connectivity index (χ2v) is 17.1. The lowest BCUT2D eigenvalue weighted by Gasteiger charge is -2.16. The molecule has 0 fully saturated rings. The molecule has 4 heteroatoms. The molecule has 22 heavy (non-hydrogen) atoms. The third-order valence-electron chi connectivity index (χ3n) is 3.53. The maximum absolute atomic E-state index is 5.16. The maximum Gasteiger partial charge on any atom is 0.173 e. The van der Waals surface area contributed by atoms with Gasteiger partial charge in [0, 0.05) is 16.5 Å². The van der Waals surface area contributed by atoms with Crippen molar-refractivity contribution in [1.82, 2.24) is 0 Å². The molecular formula is C18H24N2Si2. The smallest absolute Gasteiger partial charge is 0.173 e. The predicted molar refractivity (Wildman–Crippen MR) is 104 cm³/mol. The van der Waals surface area contributed by atoms with Gasteiger partial charge in [0.25, 0.3) is 0 Å². The van der Waals surface area contributed by atoms with Gasteiger partial charge in [-0.3, -0.25) is 0 Å². The SMILES string of the molecule is C[Si](C)(C)/N=C1/C(=N/[Si](C)(C)C)c2cccc3cccc1c23. The largest absolute Gasteiger partial charge is 0.319 e. The van der Waals surface area contributed by atoms with Crippen LogP contribution in [0, 0.1) is 0 Å². The van der Waals surface area contributed by atoms with E-state index in [2.05, 4.69) is 75.7 Å². The molecule has 1 aliphatic rings. The Kier molecular flexibility index (Phi) is 3.49. The predicted octanol–water partition coefficient (Wildman–Crippen LogP) is 5.10. The number of nitrogens with zero attached hydrogens (tertiary/aromatic N) is 2. The van der Waals surface area contributed by atoms with Gasteiger partial charge >= 0.3 is 0 Å². The molecule has 2 aromatic rings. The van der Waals surface area contributed by atoms with Crippen molar-refractivity contribution in [3.63, 3.8) is 0 Å². The van der Waals surface area contributed by atoms with E-state index in [9.17, 15) is 0 Å². The normalized spacial score (nSPS) is 18.6. The number of hydrogen-bond acceptors (Lipinski definition) is 2. The first-order valence-electron chi connectivity index (χ1n) is 7.88. The number of rotatable bonds is 2. The molecule has 114 valence electrons. The van der Waals surface area contributed by atoms with Crippen molar-refractivity contribution in [1.29, 1.82) is 0 Å². The minimum atomic E-state index is -1.57. The lowest BCUT2D eigenvalue weighted by atomic mass is 10.1. The van der Waals surface area contributed by atoms with Gasteiger partial charge in [0.2, 0.25) is 0 Å². The molecule has 0 saturated heterocycles. The fourth-order valence-electron chi connectivity index (χ4n) is 2.89. The van der Waals surface area contributed by atoms with E-state index in [1.165, 1.54) is 21.9 Å². The van der Waals surface area contributed by atoms with Gasteiger partial charge in [0.1, 0.15) is 0 Å². The first kappa shape index (κ1) is 15.4. The molecule has 0 unspecified atom stereocenters. The molecule has 0 bridgehead atoms. The highest BCUT2D eigenvalue weighted by Gasteiger charge is 2.30. The summed E-state index contributed by atoms with van der Waals surface area (Å²) < 4.78 is 10.3. The first-order chi connectivity index (χ1) is 10.2. The Morgan fingerprint density at radius 2 is 1.05 bits per heavy atom. The molecular weight excluding hydrogens is 300 g/mol. The zero-order valence-corrected chi connectivity index (χ0v) is 16.4. The maximum atomic E-state index is 5.16. The van der Waals surface area contributed by atoms with E-state index >= 15 is 0 Å². The van der Waals surface area contributed by atoms with Crippen LogP contribution in [-0.4, -0.2) is 27.9 Å². The molecule has 0 atom stereocenters. The van der Waals surface area contributed by atoms with Crippen molar-refractivity contribution in [3.05, 3.63) is 47.5 Å². The summed E-state index contributed by atoms with van der Waals surface area (Å²) in [7, 11) is -3.14. The molecule has 0 heterocycles. The standard InChI is InChI=1S/C18H24N2Si2/c1-21(2,3)19-17-14-11-7-9-13-10-8-12-15(16(13)14)18(17)20-22(4,5)6/h7-12H,1-6H3/b19-17+,20-18+. The summed E-state index contributed by atoms with van der Waals surface area (Å²) in [6.45, 7) is 13.7. The van der Waals surface area contributed by atoms with E-state index in [1.807, 2.05) is 0 Å². The summed E-state index contributed by atoms with van der Waals surface area (Å²) in [5, 5.41) is 2.62. The highest BCUT2D eigenvalue weighted by molar-refractivity contribution is 6.81. The van der Waals surface area contributed by atoms with Crippen molar-refractivity contribution >= 4 is 38.7 Å². The molecule has 3 rings (SSSR count). The fraction of sp³-hybridized carbons (Fsp3) is 0.333. The summed E-state index contributed by atoms with van der Waals surface area (Å²) >= 11 is 0. The fourth-order valence-corrected chi connectivity index (χ4v) is 4.68. The van der Waals surface area contributed by atoms with Crippen molar-refractivity contribution in [2.75, 3.05) is 0 Å². The zero-order chi connectivity index (χ0) is 16.1. The van der Waals surface area contributed by atoms with Crippen LogP contribution in [0.15, 0.2) is 45.7 Å². The summed E-state index contributed by atoms with van der Waals surface area (Å²) in [5.41, 5.74) is 4.81. The lowest BCUT2D eigenvalue weighted by Crippen LogP contribution is -2.27. The third-order valence-corrected chi connectivity index (χ3v) is 5.32. The van der Waals surface area contributed by atoms with Gasteiger partial charge in [-0.1, -0.05) is 36.4 Å². The quantitative estimate of drug-likeness (QED) is 0.687. The van der Waals surface area contributed by atoms with Gasteiger partial charge in [-0.2, -0.15) is 0 Å². The highest BCUT2D eigenvalue weighted by atomic mass is 28.3. The van der Waals surface area contributed by atoms with Crippen molar-refractivity contribution in [2.45, 2.75) is 39.3 Å². The van der Waals surface area contributed by atoms with Crippen molar-refractivity contribution in [2.24, 2.45) is 9.32 Å². The van der Waals surface area contributed by atoms with Gasteiger partial charge in [-0.05, 0) is 44.7 Å². The van der Waals surface area contributed by atoms with Crippen LogP contribution < -0.4 is 0 Å². The summed E-state index contributed by atoms with van der Waals surface area (Å²) in [5.74, 6) is 0. The van der Waals surface area contributed by atoms with Crippen LogP contribution in [-0.2, 0) is 0 Å². The molecule has 0 radical (unpaired) electrons. The van der Waals surface area contributed by atoms with Crippen molar-refractivity contribution < 1.29 is 0 Å². The first-order valence-corrected chi connectivity index (χ1v) is 14.8.